The van der Waals surface area contributed by atoms with Crippen molar-refractivity contribution < 1.29 is 4.79 Å². The fraction of sp³-hybridized carbons (Fsp3) is 0.250. The van der Waals surface area contributed by atoms with Crippen LogP contribution in [0.15, 0.2) is 60.0 Å². The Hall–Kier alpha value is -3.32. The number of benzene rings is 2. The van der Waals surface area contributed by atoms with Crippen LogP contribution in [-0.2, 0) is 6.42 Å². The lowest BCUT2D eigenvalue weighted by Crippen LogP contribution is -2.27. The maximum Gasteiger partial charge on any atom is 0.273 e. The van der Waals surface area contributed by atoms with Gasteiger partial charge in [0.05, 0.1) is 22.1 Å². The normalized spacial score (nSPS) is 13.3. The van der Waals surface area contributed by atoms with Gasteiger partial charge in [0.15, 0.2) is 5.69 Å². The molecule has 4 aromatic rings. The summed E-state index contributed by atoms with van der Waals surface area (Å²) < 4.78 is 1.81. The summed E-state index contributed by atoms with van der Waals surface area (Å²) in [4.78, 5) is 17.4. The third kappa shape index (κ3) is 4.27. The number of amides is 1. The predicted molar refractivity (Wildman–Crippen MR) is 122 cm³/mol. The third-order valence-corrected chi connectivity index (χ3v) is 6.23. The van der Waals surface area contributed by atoms with Gasteiger partial charge in [-0.15, -0.1) is 16.4 Å². The first-order chi connectivity index (χ1) is 15.2. The molecule has 0 saturated heterocycles. The third-order valence-electron chi connectivity index (χ3n) is 5.45. The number of carbonyl (C=O) groups excluding carboxylic acids is 1. The molecule has 1 aliphatic carbocycles. The zero-order valence-corrected chi connectivity index (χ0v) is 18.1. The number of nitrogens with zero attached hydrogens (tertiary/aromatic N) is 4. The molecule has 31 heavy (non-hydrogen) atoms. The van der Waals surface area contributed by atoms with Crippen molar-refractivity contribution in [2.45, 2.75) is 32.1 Å². The molecule has 5 rings (SSSR count). The van der Waals surface area contributed by atoms with Gasteiger partial charge >= 0.3 is 0 Å². The molecule has 2 aromatic carbocycles. The van der Waals surface area contributed by atoms with Gasteiger partial charge in [0, 0.05) is 23.4 Å². The number of thiazole rings is 1. The number of aromatic nitrogens is 4. The molecule has 6 nitrogen and oxygen atoms in total. The van der Waals surface area contributed by atoms with Gasteiger partial charge in [-0.05, 0) is 43.9 Å². The zero-order valence-electron chi connectivity index (χ0n) is 17.3. The van der Waals surface area contributed by atoms with E-state index in [4.69, 9.17) is 0 Å². The van der Waals surface area contributed by atoms with Crippen molar-refractivity contribution in [2.75, 3.05) is 6.54 Å². The largest absolute Gasteiger partial charge is 0.350 e. The second-order valence-corrected chi connectivity index (χ2v) is 8.86. The topological polar surface area (TPSA) is 72.7 Å². The Morgan fingerprint density at radius 2 is 1.90 bits per heavy atom. The molecule has 1 amide bonds. The van der Waals surface area contributed by atoms with Crippen LogP contribution in [0.25, 0.3) is 16.9 Å². The highest BCUT2D eigenvalue weighted by Gasteiger charge is 2.34. The summed E-state index contributed by atoms with van der Waals surface area (Å²) in [5.41, 5.74) is 5.60. The summed E-state index contributed by atoms with van der Waals surface area (Å²) in [5, 5.41) is 14.7. The van der Waals surface area contributed by atoms with Gasteiger partial charge in [-0.1, -0.05) is 47.7 Å². The Morgan fingerprint density at radius 1 is 1.13 bits per heavy atom. The van der Waals surface area contributed by atoms with E-state index in [1.54, 1.807) is 11.3 Å². The first kappa shape index (κ1) is 19.6. The van der Waals surface area contributed by atoms with E-state index in [0.717, 1.165) is 46.9 Å². The molecule has 7 heteroatoms. The van der Waals surface area contributed by atoms with Crippen molar-refractivity contribution in [3.05, 3.63) is 81.9 Å². The highest BCUT2D eigenvalue weighted by Crippen LogP contribution is 2.41. The molecule has 0 atom stereocenters. The van der Waals surface area contributed by atoms with Gasteiger partial charge in [0.1, 0.15) is 0 Å². The van der Waals surface area contributed by atoms with E-state index in [-0.39, 0.29) is 5.91 Å². The van der Waals surface area contributed by atoms with Crippen molar-refractivity contribution in [3.63, 3.8) is 0 Å². The van der Waals surface area contributed by atoms with Gasteiger partial charge in [-0.3, -0.25) is 4.79 Å². The number of aryl methyl sites for hydroxylation is 1. The van der Waals surface area contributed by atoms with Crippen molar-refractivity contribution in [1.29, 1.82) is 0 Å². The molecule has 0 unspecified atom stereocenters. The molecule has 1 saturated carbocycles. The summed E-state index contributed by atoms with van der Waals surface area (Å²) in [6, 6.07) is 18.2. The van der Waals surface area contributed by atoms with E-state index in [0.29, 0.717) is 18.2 Å². The number of hydrogen-bond donors (Lipinski definition) is 1. The van der Waals surface area contributed by atoms with Gasteiger partial charge in [-0.25, -0.2) is 9.67 Å². The first-order valence-electron chi connectivity index (χ1n) is 10.5. The van der Waals surface area contributed by atoms with E-state index in [1.807, 2.05) is 41.9 Å². The van der Waals surface area contributed by atoms with E-state index in [1.165, 1.54) is 5.56 Å². The highest BCUT2D eigenvalue weighted by atomic mass is 32.1. The second kappa shape index (κ2) is 8.43. The van der Waals surface area contributed by atoms with Crippen molar-refractivity contribution >= 4 is 17.2 Å². The van der Waals surface area contributed by atoms with E-state index >= 15 is 0 Å². The van der Waals surface area contributed by atoms with Crippen LogP contribution < -0.4 is 5.32 Å². The van der Waals surface area contributed by atoms with E-state index < -0.39 is 0 Å². The lowest BCUT2D eigenvalue weighted by atomic mass is 10.1. The number of hydrogen-bond acceptors (Lipinski definition) is 5. The quantitative estimate of drug-likeness (QED) is 0.468. The van der Waals surface area contributed by atoms with Crippen molar-refractivity contribution in [1.82, 2.24) is 25.3 Å². The van der Waals surface area contributed by atoms with Crippen LogP contribution in [0, 0.1) is 6.92 Å². The van der Waals surface area contributed by atoms with E-state index in [9.17, 15) is 4.79 Å². The Kier molecular flexibility index (Phi) is 5.34. The number of carbonyl (C=O) groups is 1. The van der Waals surface area contributed by atoms with Crippen molar-refractivity contribution in [3.8, 4) is 16.9 Å². The minimum absolute atomic E-state index is 0.154. The molecule has 2 heterocycles. The van der Waals surface area contributed by atoms with Crippen LogP contribution in [0.3, 0.4) is 0 Å². The van der Waals surface area contributed by atoms with Crippen LogP contribution in [0.2, 0.25) is 0 Å². The first-order valence-corrected chi connectivity index (χ1v) is 11.4. The number of para-hydroxylation sites is 1. The molecular formula is C24H23N5OS. The monoisotopic (exact) mass is 429 g/mol. The lowest BCUT2D eigenvalue weighted by Gasteiger charge is -2.08. The molecule has 0 bridgehead atoms. The number of nitrogens with one attached hydrogen (secondary N) is 1. The molecule has 0 radical (unpaired) electrons. The van der Waals surface area contributed by atoms with Crippen LogP contribution >= 0.6 is 11.3 Å². The Bertz CT molecular complexity index is 1190. The summed E-state index contributed by atoms with van der Waals surface area (Å²) in [6.45, 7) is 2.56. The molecule has 1 fully saturated rings. The smallest absolute Gasteiger partial charge is 0.273 e. The van der Waals surface area contributed by atoms with Crippen LogP contribution in [0.5, 0.6) is 0 Å². The summed E-state index contributed by atoms with van der Waals surface area (Å²) in [7, 11) is 0. The van der Waals surface area contributed by atoms with Gasteiger partial charge < -0.3 is 5.32 Å². The second-order valence-electron chi connectivity index (χ2n) is 7.80. The SMILES string of the molecule is Cc1nc(-c2ccc(CCNC(=O)c3nnn(-c4ccccc4)c3C3CC3)cc2)cs1. The average Bonchev–Trinajstić information content (AvgIpc) is 3.39. The predicted octanol–water partition coefficient (Wildman–Crippen LogP) is 4.55. The highest BCUT2D eigenvalue weighted by molar-refractivity contribution is 7.09. The minimum Gasteiger partial charge on any atom is -0.350 e. The van der Waals surface area contributed by atoms with Gasteiger partial charge in [0.2, 0.25) is 0 Å². The lowest BCUT2D eigenvalue weighted by molar-refractivity contribution is 0.0948. The maximum atomic E-state index is 12.8. The molecule has 156 valence electrons. The molecule has 0 spiro atoms. The summed E-state index contributed by atoms with van der Waals surface area (Å²) in [5.74, 6) is 0.205. The maximum absolute atomic E-state index is 12.8. The van der Waals surface area contributed by atoms with Crippen LogP contribution in [0.4, 0.5) is 0 Å². The van der Waals surface area contributed by atoms with E-state index in [2.05, 4.69) is 50.3 Å². The van der Waals surface area contributed by atoms with Crippen molar-refractivity contribution in [2.24, 2.45) is 0 Å². The molecule has 1 N–H and O–H groups in total. The zero-order chi connectivity index (χ0) is 21.2. The van der Waals surface area contributed by atoms with Crippen LogP contribution in [0.1, 0.15) is 45.5 Å². The fourth-order valence-electron chi connectivity index (χ4n) is 3.68. The molecule has 1 aliphatic rings. The summed E-state index contributed by atoms with van der Waals surface area (Å²) in [6.07, 6.45) is 2.91. The van der Waals surface area contributed by atoms with Crippen LogP contribution in [-0.4, -0.2) is 32.4 Å². The van der Waals surface area contributed by atoms with Gasteiger partial charge in [0.25, 0.3) is 5.91 Å². The minimum atomic E-state index is -0.154. The van der Waals surface area contributed by atoms with Gasteiger partial charge in [-0.2, -0.15) is 0 Å². The molecular weight excluding hydrogens is 406 g/mol. The standard InChI is InChI=1S/C24H23N5OS/c1-16-26-21(15-31-16)18-9-7-17(8-10-18)13-14-25-24(30)22-23(19-11-12-19)29(28-27-22)20-5-3-2-4-6-20/h2-10,15,19H,11-14H2,1H3,(H,25,30). The Labute approximate surface area is 185 Å². The Morgan fingerprint density at radius 3 is 2.58 bits per heavy atom. The molecule has 0 aliphatic heterocycles. The molecule has 2 aromatic heterocycles. The summed E-state index contributed by atoms with van der Waals surface area (Å²) >= 11 is 1.65. The fourth-order valence-corrected chi connectivity index (χ4v) is 4.30. The number of rotatable bonds is 7. The average molecular weight is 430 g/mol. The Balaban J connectivity index is 1.24.